The Balaban J connectivity index is 1.91. The largest absolute Gasteiger partial charge is 0.495 e. The van der Waals surface area contributed by atoms with Gasteiger partial charge in [0.25, 0.3) is 0 Å². The number of nitrogens with one attached hydrogen (secondary N) is 2. The van der Waals surface area contributed by atoms with Gasteiger partial charge in [-0.2, -0.15) is 4.72 Å². The number of rotatable bonds is 8. The molecule has 6 nitrogen and oxygen atoms in total. The highest BCUT2D eigenvalue weighted by atomic mass is 127. The van der Waals surface area contributed by atoms with E-state index in [1.807, 2.05) is 42.5 Å². The maximum absolute atomic E-state index is 13.2. The van der Waals surface area contributed by atoms with Crippen LogP contribution in [0.2, 0.25) is 0 Å². The lowest BCUT2D eigenvalue weighted by Crippen LogP contribution is -2.45. The molecule has 1 unspecified atom stereocenters. The third kappa shape index (κ3) is 6.28. The minimum Gasteiger partial charge on any atom is -0.495 e. The molecule has 31 heavy (non-hydrogen) atoms. The number of halogens is 1. The van der Waals surface area contributed by atoms with Gasteiger partial charge in [0.2, 0.25) is 15.9 Å². The van der Waals surface area contributed by atoms with E-state index in [0.29, 0.717) is 5.69 Å². The number of carbonyl (C=O) groups is 1. The molecule has 162 valence electrons. The van der Waals surface area contributed by atoms with Crippen molar-refractivity contribution < 1.29 is 17.9 Å². The maximum Gasteiger partial charge on any atom is 0.245 e. The van der Waals surface area contributed by atoms with E-state index in [4.69, 9.17) is 4.74 Å². The topological polar surface area (TPSA) is 84.5 Å². The molecule has 0 radical (unpaired) electrons. The van der Waals surface area contributed by atoms with Crippen LogP contribution in [0, 0.1) is 10.5 Å². The van der Waals surface area contributed by atoms with E-state index in [1.54, 1.807) is 31.2 Å². The molecule has 0 aliphatic carbocycles. The zero-order valence-electron chi connectivity index (χ0n) is 17.1. The number of hydrogen-bond donors (Lipinski definition) is 2. The van der Waals surface area contributed by atoms with Crippen LogP contribution in [-0.2, 0) is 21.2 Å². The molecule has 1 atom stereocenters. The highest BCUT2D eigenvalue weighted by molar-refractivity contribution is 14.1. The standard InChI is InChI=1S/C23H23IN2O4S/c1-16-8-13-21(30-2)22(14-16)31(28,29)26-20(15-17-6-4-3-5-7-17)23(27)25-19-11-9-18(24)10-12-19/h3-14,20,26H,15H2,1-2H3,(H,25,27). The van der Waals surface area contributed by atoms with Crippen LogP contribution >= 0.6 is 22.6 Å². The number of amides is 1. The number of sulfonamides is 1. The SMILES string of the molecule is COc1ccc(C)cc1S(=O)(=O)NC(Cc1ccccc1)C(=O)Nc1ccc(I)cc1. The summed E-state index contributed by atoms with van der Waals surface area (Å²) in [6.07, 6.45) is 0.199. The summed E-state index contributed by atoms with van der Waals surface area (Å²) in [6.45, 7) is 1.80. The quantitative estimate of drug-likeness (QED) is 0.413. The van der Waals surface area contributed by atoms with Gasteiger partial charge in [-0.3, -0.25) is 4.79 Å². The zero-order chi connectivity index (χ0) is 22.4. The fraction of sp³-hybridized carbons (Fsp3) is 0.174. The summed E-state index contributed by atoms with van der Waals surface area (Å²) in [4.78, 5) is 13.1. The maximum atomic E-state index is 13.2. The van der Waals surface area contributed by atoms with Crippen molar-refractivity contribution in [3.8, 4) is 5.75 Å². The molecular formula is C23H23IN2O4S. The first-order valence-corrected chi connectivity index (χ1v) is 12.1. The normalized spacial score (nSPS) is 12.2. The van der Waals surface area contributed by atoms with Crippen LogP contribution in [0.5, 0.6) is 5.75 Å². The monoisotopic (exact) mass is 550 g/mol. The van der Waals surface area contributed by atoms with Crippen LogP contribution in [0.4, 0.5) is 5.69 Å². The van der Waals surface area contributed by atoms with Crippen molar-refractivity contribution in [3.63, 3.8) is 0 Å². The molecule has 0 aliphatic heterocycles. The number of carbonyl (C=O) groups excluding carboxylic acids is 1. The second kappa shape index (κ2) is 10.3. The fourth-order valence-corrected chi connectivity index (χ4v) is 4.85. The van der Waals surface area contributed by atoms with E-state index in [1.165, 1.54) is 13.2 Å². The van der Waals surface area contributed by atoms with E-state index in [0.717, 1.165) is 14.7 Å². The van der Waals surface area contributed by atoms with Gasteiger partial charge in [-0.15, -0.1) is 0 Å². The van der Waals surface area contributed by atoms with Gasteiger partial charge < -0.3 is 10.1 Å². The number of benzene rings is 3. The molecule has 0 saturated heterocycles. The third-order valence-electron chi connectivity index (χ3n) is 4.62. The first kappa shape index (κ1) is 23.2. The third-order valence-corrected chi connectivity index (χ3v) is 6.83. The number of anilines is 1. The molecule has 0 spiro atoms. The Kier molecular flexibility index (Phi) is 7.69. The van der Waals surface area contributed by atoms with Gasteiger partial charge in [-0.05, 0) is 83.5 Å². The summed E-state index contributed by atoms with van der Waals surface area (Å²) < 4.78 is 35.2. The molecule has 2 N–H and O–H groups in total. The lowest BCUT2D eigenvalue weighted by molar-refractivity contribution is -0.117. The zero-order valence-corrected chi connectivity index (χ0v) is 20.1. The van der Waals surface area contributed by atoms with Crippen molar-refractivity contribution in [2.45, 2.75) is 24.3 Å². The summed E-state index contributed by atoms with van der Waals surface area (Å²) in [7, 11) is -2.61. The summed E-state index contributed by atoms with van der Waals surface area (Å²) in [6, 6.07) is 20.4. The van der Waals surface area contributed by atoms with Crippen LogP contribution in [0.15, 0.2) is 77.7 Å². The molecule has 3 rings (SSSR count). The second-order valence-corrected chi connectivity index (χ2v) is 9.94. The molecule has 3 aromatic rings. The van der Waals surface area contributed by atoms with Crippen molar-refractivity contribution in [2.24, 2.45) is 0 Å². The predicted octanol–water partition coefficient (Wildman–Crippen LogP) is 4.14. The first-order chi connectivity index (χ1) is 14.8. The van der Waals surface area contributed by atoms with Gasteiger partial charge in [-0.1, -0.05) is 36.4 Å². The van der Waals surface area contributed by atoms with Crippen LogP contribution < -0.4 is 14.8 Å². The molecule has 0 heterocycles. The Morgan fingerprint density at radius 1 is 1.03 bits per heavy atom. The Bertz CT molecular complexity index is 1150. The minimum absolute atomic E-state index is 0.00451. The van der Waals surface area contributed by atoms with Crippen molar-refractivity contribution >= 4 is 44.2 Å². The average Bonchev–Trinajstić information content (AvgIpc) is 2.75. The Labute approximate surface area is 196 Å². The van der Waals surface area contributed by atoms with Crippen LogP contribution in [0.3, 0.4) is 0 Å². The highest BCUT2D eigenvalue weighted by Crippen LogP contribution is 2.25. The molecular weight excluding hydrogens is 527 g/mol. The predicted molar refractivity (Wildman–Crippen MR) is 130 cm³/mol. The van der Waals surface area contributed by atoms with Gasteiger partial charge in [0.15, 0.2) is 0 Å². The molecule has 8 heteroatoms. The molecule has 3 aromatic carbocycles. The molecule has 0 fully saturated rings. The van der Waals surface area contributed by atoms with Crippen molar-refractivity contribution in [1.82, 2.24) is 4.72 Å². The summed E-state index contributed by atoms with van der Waals surface area (Å²) >= 11 is 2.18. The Morgan fingerprint density at radius 3 is 2.35 bits per heavy atom. The van der Waals surface area contributed by atoms with E-state index < -0.39 is 22.0 Å². The van der Waals surface area contributed by atoms with E-state index in [2.05, 4.69) is 32.6 Å². The van der Waals surface area contributed by atoms with Gasteiger partial charge in [0.05, 0.1) is 7.11 Å². The molecule has 0 bridgehead atoms. The smallest absolute Gasteiger partial charge is 0.245 e. The van der Waals surface area contributed by atoms with Gasteiger partial charge >= 0.3 is 0 Å². The van der Waals surface area contributed by atoms with Crippen LogP contribution in [0.1, 0.15) is 11.1 Å². The molecule has 1 amide bonds. The average molecular weight is 550 g/mol. The lowest BCUT2D eigenvalue weighted by atomic mass is 10.1. The van der Waals surface area contributed by atoms with Crippen molar-refractivity contribution in [3.05, 3.63) is 87.5 Å². The summed E-state index contributed by atoms with van der Waals surface area (Å²) in [5.74, 6) is -0.227. The van der Waals surface area contributed by atoms with Gasteiger partial charge in [0.1, 0.15) is 16.7 Å². The van der Waals surface area contributed by atoms with Gasteiger partial charge in [-0.25, -0.2) is 8.42 Å². The van der Waals surface area contributed by atoms with Crippen molar-refractivity contribution in [2.75, 3.05) is 12.4 Å². The van der Waals surface area contributed by atoms with Gasteiger partial charge in [0, 0.05) is 9.26 Å². The highest BCUT2D eigenvalue weighted by Gasteiger charge is 2.28. The number of aryl methyl sites for hydroxylation is 1. The summed E-state index contributed by atoms with van der Waals surface area (Å²) in [5.41, 5.74) is 2.20. The van der Waals surface area contributed by atoms with Crippen molar-refractivity contribution in [1.29, 1.82) is 0 Å². The van der Waals surface area contributed by atoms with Crippen LogP contribution in [0.25, 0.3) is 0 Å². The van der Waals surface area contributed by atoms with E-state index in [9.17, 15) is 13.2 Å². The molecule has 0 saturated carbocycles. The first-order valence-electron chi connectivity index (χ1n) is 9.56. The Morgan fingerprint density at radius 2 is 1.71 bits per heavy atom. The van der Waals surface area contributed by atoms with Crippen LogP contribution in [-0.4, -0.2) is 27.5 Å². The summed E-state index contributed by atoms with van der Waals surface area (Å²) in [5, 5.41) is 2.80. The fourth-order valence-electron chi connectivity index (χ4n) is 3.04. The number of methoxy groups -OCH3 is 1. The number of ether oxygens (including phenoxy) is 1. The Hall–Kier alpha value is -2.43. The van der Waals surface area contributed by atoms with E-state index in [-0.39, 0.29) is 17.1 Å². The molecule has 0 aliphatic rings. The number of hydrogen-bond acceptors (Lipinski definition) is 4. The second-order valence-electron chi connectivity index (χ2n) is 7.01. The molecule has 0 aromatic heterocycles. The minimum atomic E-state index is -4.03. The van der Waals surface area contributed by atoms with E-state index >= 15 is 0 Å². The lowest BCUT2D eigenvalue weighted by Gasteiger charge is -2.20.